The van der Waals surface area contributed by atoms with Crippen molar-refractivity contribution >= 4 is 5.97 Å². The summed E-state index contributed by atoms with van der Waals surface area (Å²) >= 11 is 0. The van der Waals surface area contributed by atoms with E-state index in [2.05, 4.69) is 14.8 Å². The molecule has 29 heavy (non-hydrogen) atoms. The van der Waals surface area contributed by atoms with Gasteiger partial charge in [0, 0.05) is 6.20 Å². The van der Waals surface area contributed by atoms with Crippen LogP contribution in [0.15, 0.2) is 36.5 Å². The number of alkyl halides is 3. The summed E-state index contributed by atoms with van der Waals surface area (Å²) in [4.78, 5) is 24.4. The van der Waals surface area contributed by atoms with E-state index in [0.717, 1.165) is 0 Å². The van der Waals surface area contributed by atoms with Crippen LogP contribution in [0.3, 0.4) is 0 Å². The van der Waals surface area contributed by atoms with E-state index in [0.29, 0.717) is 30.9 Å². The van der Waals surface area contributed by atoms with Crippen LogP contribution in [0.1, 0.15) is 32.3 Å². The third kappa shape index (κ3) is 5.80. The first-order valence-corrected chi connectivity index (χ1v) is 8.54. The third-order valence-electron chi connectivity index (χ3n) is 3.83. The Morgan fingerprint density at radius 3 is 2.28 bits per heavy atom. The van der Waals surface area contributed by atoms with Crippen molar-refractivity contribution in [1.29, 1.82) is 0 Å². The third-order valence-corrected chi connectivity index (χ3v) is 3.83. The minimum Gasteiger partial charge on any atom is -0.476 e. The normalized spacial score (nSPS) is 13.5. The summed E-state index contributed by atoms with van der Waals surface area (Å²) in [5, 5.41) is 0. The molecule has 1 aromatic heterocycles. The van der Waals surface area contributed by atoms with Crippen LogP contribution in [-0.2, 0) is 20.7 Å². The van der Waals surface area contributed by atoms with Crippen LogP contribution in [-0.4, -0.2) is 23.7 Å². The van der Waals surface area contributed by atoms with Crippen LogP contribution in [0.5, 0.6) is 17.4 Å². The van der Waals surface area contributed by atoms with E-state index in [1.807, 2.05) is 6.92 Å². The Morgan fingerprint density at radius 1 is 1.14 bits per heavy atom. The lowest BCUT2D eigenvalue weighted by molar-refractivity contribution is -0.267. The number of rotatable bonds is 8. The van der Waals surface area contributed by atoms with Gasteiger partial charge in [-0.25, -0.2) is 14.2 Å². The van der Waals surface area contributed by atoms with E-state index in [-0.39, 0.29) is 5.75 Å². The maximum atomic E-state index is 13.8. The van der Waals surface area contributed by atoms with Crippen molar-refractivity contribution < 1.29 is 41.6 Å². The maximum Gasteiger partial charge on any atom is 0.417 e. The molecule has 0 fully saturated rings. The second-order valence-electron chi connectivity index (χ2n) is 6.20. The van der Waals surface area contributed by atoms with E-state index in [4.69, 9.17) is 9.47 Å². The van der Waals surface area contributed by atoms with E-state index in [9.17, 15) is 22.4 Å². The molecule has 0 bridgehead atoms. The highest BCUT2D eigenvalue weighted by molar-refractivity contribution is 5.79. The lowest BCUT2D eigenvalue weighted by Crippen LogP contribution is -2.42. The first-order chi connectivity index (χ1) is 13.6. The fraction of sp³-hybridized carbons (Fsp3) is 0.368. The molecule has 2 aromatic rings. The molecule has 0 saturated carbocycles. The number of ether oxygens (including phenoxy) is 2. The molecular formula is C19H19F4NO5. The molecule has 158 valence electrons. The molecule has 1 unspecified atom stereocenters. The molecule has 0 N–H and O–H groups in total. The fourth-order valence-electron chi connectivity index (χ4n) is 2.44. The number of aromatic nitrogens is 1. The molecule has 1 atom stereocenters. The zero-order valence-corrected chi connectivity index (χ0v) is 15.9. The Kier molecular flexibility index (Phi) is 7.02. The Balaban J connectivity index is 2.13. The molecule has 0 aliphatic heterocycles. The quantitative estimate of drug-likeness (QED) is 0.339. The zero-order chi connectivity index (χ0) is 21.7. The van der Waals surface area contributed by atoms with Gasteiger partial charge in [0.25, 0.3) is 5.88 Å². The summed E-state index contributed by atoms with van der Waals surface area (Å²) in [5.74, 6) is -2.16. The second kappa shape index (κ2) is 9.08. The average molecular weight is 417 g/mol. The molecule has 6 nitrogen and oxygen atoms in total. The lowest BCUT2D eigenvalue weighted by atomic mass is 10.0. The van der Waals surface area contributed by atoms with E-state index >= 15 is 0 Å². The molecule has 0 aliphatic rings. The molecule has 2 rings (SSSR count). The van der Waals surface area contributed by atoms with Crippen LogP contribution in [0.4, 0.5) is 17.6 Å². The lowest BCUT2D eigenvalue weighted by Gasteiger charge is -2.27. The summed E-state index contributed by atoms with van der Waals surface area (Å²) in [5.41, 5.74) is -2.52. The SMILES string of the molecule is CCCC(C)(Oc1ccc(Oc2ncc(C(F)(F)F)cc2F)cc1)C(=O)OOC. The standard InChI is InChI=1S/C19H19F4NO5/c1-4-9-18(2,17(25)29-26-3)28-14-7-5-13(6-8-14)27-16-15(20)10-12(11-24-16)19(21,22)23/h5-8,10-11H,4,9H2,1-3H3. The summed E-state index contributed by atoms with van der Waals surface area (Å²) in [6.07, 6.45) is -3.24. The van der Waals surface area contributed by atoms with Gasteiger partial charge in [0.2, 0.25) is 5.60 Å². The van der Waals surface area contributed by atoms with Crippen molar-refractivity contribution in [3.63, 3.8) is 0 Å². The van der Waals surface area contributed by atoms with Crippen molar-refractivity contribution in [2.45, 2.75) is 38.5 Å². The van der Waals surface area contributed by atoms with Gasteiger partial charge in [-0.1, -0.05) is 13.3 Å². The van der Waals surface area contributed by atoms with Gasteiger partial charge in [-0.3, -0.25) is 4.89 Å². The highest BCUT2D eigenvalue weighted by atomic mass is 19.4. The summed E-state index contributed by atoms with van der Waals surface area (Å²) < 4.78 is 62.4. The van der Waals surface area contributed by atoms with Crippen molar-refractivity contribution in [3.05, 3.63) is 47.9 Å². The van der Waals surface area contributed by atoms with Crippen LogP contribution >= 0.6 is 0 Å². The van der Waals surface area contributed by atoms with Gasteiger partial charge in [-0.2, -0.15) is 18.1 Å². The number of hydrogen-bond donors (Lipinski definition) is 0. The molecule has 1 heterocycles. The molecule has 0 saturated heterocycles. The zero-order valence-electron chi connectivity index (χ0n) is 15.9. The number of carbonyl (C=O) groups is 1. The van der Waals surface area contributed by atoms with Gasteiger partial charge in [0.1, 0.15) is 11.5 Å². The number of halogens is 4. The predicted molar refractivity (Wildman–Crippen MR) is 92.8 cm³/mol. The first-order valence-electron chi connectivity index (χ1n) is 8.54. The molecule has 0 aliphatic carbocycles. The van der Waals surface area contributed by atoms with E-state index < -0.39 is 35.0 Å². The van der Waals surface area contributed by atoms with Gasteiger partial charge >= 0.3 is 12.1 Å². The van der Waals surface area contributed by atoms with Crippen molar-refractivity contribution in [3.8, 4) is 17.4 Å². The second-order valence-corrected chi connectivity index (χ2v) is 6.20. The van der Waals surface area contributed by atoms with Gasteiger partial charge in [-0.05, 0) is 43.7 Å². The van der Waals surface area contributed by atoms with Crippen molar-refractivity contribution in [2.24, 2.45) is 0 Å². The Bertz CT molecular complexity index is 841. The monoisotopic (exact) mass is 417 g/mol. The first kappa shape index (κ1) is 22.4. The summed E-state index contributed by atoms with van der Waals surface area (Å²) in [6, 6.07) is 5.98. The Morgan fingerprint density at radius 2 is 1.76 bits per heavy atom. The largest absolute Gasteiger partial charge is 0.476 e. The highest BCUT2D eigenvalue weighted by Gasteiger charge is 2.37. The number of pyridine rings is 1. The van der Waals surface area contributed by atoms with Gasteiger partial charge < -0.3 is 9.47 Å². The molecule has 1 aromatic carbocycles. The van der Waals surface area contributed by atoms with Crippen LogP contribution in [0.25, 0.3) is 0 Å². The van der Waals surface area contributed by atoms with Crippen LogP contribution < -0.4 is 9.47 Å². The molecule has 0 spiro atoms. The Labute approximate surface area is 164 Å². The smallest absolute Gasteiger partial charge is 0.417 e. The number of nitrogens with zero attached hydrogens (tertiary/aromatic N) is 1. The number of carbonyl (C=O) groups excluding carboxylic acids is 1. The fourth-order valence-corrected chi connectivity index (χ4v) is 2.44. The summed E-state index contributed by atoms with van der Waals surface area (Å²) in [6.45, 7) is 3.41. The molecular weight excluding hydrogens is 398 g/mol. The van der Waals surface area contributed by atoms with Crippen LogP contribution in [0, 0.1) is 5.82 Å². The minimum atomic E-state index is -4.71. The Hall–Kier alpha value is -2.88. The number of benzene rings is 1. The van der Waals surface area contributed by atoms with Crippen molar-refractivity contribution in [2.75, 3.05) is 7.11 Å². The van der Waals surface area contributed by atoms with Crippen molar-refractivity contribution in [1.82, 2.24) is 4.98 Å². The van der Waals surface area contributed by atoms with E-state index in [1.165, 1.54) is 31.4 Å². The average Bonchev–Trinajstić information content (AvgIpc) is 2.64. The molecule has 0 radical (unpaired) electrons. The molecule has 10 heteroatoms. The van der Waals surface area contributed by atoms with Gasteiger partial charge in [-0.15, -0.1) is 0 Å². The topological polar surface area (TPSA) is 66.9 Å². The van der Waals surface area contributed by atoms with Crippen LogP contribution in [0.2, 0.25) is 0 Å². The summed E-state index contributed by atoms with van der Waals surface area (Å²) in [7, 11) is 1.20. The number of hydrogen-bond acceptors (Lipinski definition) is 6. The predicted octanol–water partition coefficient (Wildman–Crippen LogP) is 5.07. The van der Waals surface area contributed by atoms with Gasteiger partial charge in [0.15, 0.2) is 5.82 Å². The van der Waals surface area contributed by atoms with Gasteiger partial charge in [0.05, 0.1) is 12.7 Å². The maximum absolute atomic E-state index is 13.8. The minimum absolute atomic E-state index is 0.111. The molecule has 0 amide bonds. The van der Waals surface area contributed by atoms with E-state index in [1.54, 1.807) is 6.92 Å². The highest BCUT2D eigenvalue weighted by Crippen LogP contribution is 2.32.